The van der Waals surface area contributed by atoms with Crippen LogP contribution in [0.1, 0.15) is 42.6 Å². The zero-order valence-electron chi connectivity index (χ0n) is 11.4. The van der Waals surface area contributed by atoms with E-state index in [-0.39, 0.29) is 12.1 Å². The third kappa shape index (κ3) is 4.15. The zero-order valence-corrected chi connectivity index (χ0v) is 11.4. The number of carbonyl (C=O) groups excluding carboxylic acids is 1. The Morgan fingerprint density at radius 2 is 2.00 bits per heavy atom. The molecule has 0 aliphatic carbocycles. The van der Waals surface area contributed by atoms with Crippen LogP contribution < -0.4 is 0 Å². The van der Waals surface area contributed by atoms with Crippen LogP contribution in [0, 0.1) is 0 Å². The summed E-state index contributed by atoms with van der Waals surface area (Å²) in [5.74, 6) is -0.247. The Morgan fingerprint density at radius 3 is 2.61 bits per heavy atom. The van der Waals surface area contributed by atoms with E-state index >= 15 is 0 Å². The molecule has 1 aromatic rings. The highest BCUT2D eigenvalue weighted by Gasteiger charge is 2.17. The molecule has 0 radical (unpaired) electrons. The number of hydrogen-bond acceptors (Lipinski definition) is 3. The first-order valence-electron chi connectivity index (χ1n) is 6.50. The quantitative estimate of drug-likeness (QED) is 0.697. The summed E-state index contributed by atoms with van der Waals surface area (Å²) in [4.78, 5) is 12.1. The van der Waals surface area contributed by atoms with E-state index in [9.17, 15) is 4.79 Å². The number of aryl methyl sites for hydroxylation is 1. The Bertz CT molecular complexity index is 368. The highest BCUT2D eigenvalue weighted by molar-refractivity contribution is 5.91. The first-order chi connectivity index (χ1) is 8.72. The van der Waals surface area contributed by atoms with Gasteiger partial charge in [0.25, 0.3) is 0 Å². The highest BCUT2D eigenvalue weighted by atomic mass is 16.6. The van der Waals surface area contributed by atoms with E-state index in [0.29, 0.717) is 12.2 Å². The lowest BCUT2D eigenvalue weighted by molar-refractivity contribution is 0.00288. The molecule has 1 rings (SSSR count). The molecular weight excluding hydrogens is 228 g/mol. The summed E-state index contributed by atoms with van der Waals surface area (Å²) in [6.07, 6.45) is 2.47. The molecule has 100 valence electrons. The second kappa shape index (κ2) is 7.88. The van der Waals surface area contributed by atoms with Gasteiger partial charge in [0.15, 0.2) is 0 Å². The van der Waals surface area contributed by atoms with Crippen molar-refractivity contribution in [2.45, 2.75) is 39.2 Å². The van der Waals surface area contributed by atoms with E-state index in [1.165, 1.54) is 0 Å². The van der Waals surface area contributed by atoms with E-state index in [0.717, 1.165) is 24.8 Å². The van der Waals surface area contributed by atoms with Crippen molar-refractivity contribution in [2.75, 3.05) is 13.7 Å². The van der Waals surface area contributed by atoms with Crippen LogP contribution in [0.15, 0.2) is 24.3 Å². The van der Waals surface area contributed by atoms with Crippen LogP contribution in [-0.2, 0) is 15.9 Å². The van der Waals surface area contributed by atoms with E-state index in [1.54, 1.807) is 7.11 Å². The Labute approximate surface area is 109 Å². The lowest BCUT2D eigenvalue weighted by atomic mass is 10.1. The largest absolute Gasteiger partial charge is 0.456 e. The third-order valence-corrected chi connectivity index (χ3v) is 2.86. The van der Waals surface area contributed by atoms with Crippen LogP contribution in [0.25, 0.3) is 0 Å². The van der Waals surface area contributed by atoms with Gasteiger partial charge < -0.3 is 9.47 Å². The maximum absolute atomic E-state index is 12.1. The normalized spacial score (nSPS) is 12.2. The summed E-state index contributed by atoms with van der Waals surface area (Å²) in [6, 6.07) is 7.58. The van der Waals surface area contributed by atoms with Gasteiger partial charge in [0.2, 0.25) is 0 Å². The van der Waals surface area contributed by atoms with Gasteiger partial charge in [-0.25, -0.2) is 4.79 Å². The summed E-state index contributed by atoms with van der Waals surface area (Å²) in [5, 5.41) is 0. The standard InChI is InChI=1S/C15H22O3/c1-4-8-13(11-17-3)18-15(16)14-10-7-6-9-12(14)5-2/h6-7,9-10,13H,4-5,8,11H2,1-3H3. The predicted molar refractivity (Wildman–Crippen MR) is 71.8 cm³/mol. The van der Waals surface area contributed by atoms with Gasteiger partial charge in [-0.2, -0.15) is 0 Å². The summed E-state index contributed by atoms with van der Waals surface area (Å²) in [5.41, 5.74) is 1.69. The fraction of sp³-hybridized carbons (Fsp3) is 0.533. The van der Waals surface area contributed by atoms with Crippen molar-refractivity contribution in [1.82, 2.24) is 0 Å². The second-order valence-electron chi connectivity index (χ2n) is 4.28. The SMILES string of the molecule is CCCC(COC)OC(=O)c1ccccc1CC. The van der Waals surface area contributed by atoms with Crippen LogP contribution in [-0.4, -0.2) is 25.8 Å². The predicted octanol–water partition coefficient (Wildman–Crippen LogP) is 3.22. The molecule has 0 fully saturated rings. The molecule has 3 nitrogen and oxygen atoms in total. The number of hydrogen-bond donors (Lipinski definition) is 0. The molecule has 0 amide bonds. The molecule has 0 heterocycles. The molecule has 0 saturated carbocycles. The van der Waals surface area contributed by atoms with Crippen LogP contribution in [0.4, 0.5) is 0 Å². The third-order valence-electron chi connectivity index (χ3n) is 2.86. The van der Waals surface area contributed by atoms with Gasteiger partial charge in [-0.15, -0.1) is 0 Å². The molecule has 0 aliphatic rings. The van der Waals surface area contributed by atoms with Crippen molar-refractivity contribution in [3.8, 4) is 0 Å². The van der Waals surface area contributed by atoms with Crippen LogP contribution >= 0.6 is 0 Å². The second-order valence-corrected chi connectivity index (χ2v) is 4.28. The molecule has 0 aliphatic heterocycles. The van der Waals surface area contributed by atoms with E-state index in [2.05, 4.69) is 6.92 Å². The number of carbonyl (C=O) groups is 1. The van der Waals surface area contributed by atoms with Crippen molar-refractivity contribution >= 4 is 5.97 Å². The number of ether oxygens (including phenoxy) is 2. The molecule has 18 heavy (non-hydrogen) atoms. The maximum Gasteiger partial charge on any atom is 0.338 e. The van der Waals surface area contributed by atoms with Crippen molar-refractivity contribution in [3.05, 3.63) is 35.4 Å². The number of methoxy groups -OCH3 is 1. The Hall–Kier alpha value is -1.35. The van der Waals surface area contributed by atoms with E-state index in [1.807, 2.05) is 31.2 Å². The van der Waals surface area contributed by atoms with Gasteiger partial charge in [0.05, 0.1) is 12.2 Å². The van der Waals surface area contributed by atoms with Gasteiger partial charge >= 0.3 is 5.97 Å². The Kier molecular flexibility index (Phi) is 6.44. The lowest BCUT2D eigenvalue weighted by Crippen LogP contribution is -2.23. The molecule has 0 aromatic heterocycles. The first-order valence-corrected chi connectivity index (χ1v) is 6.50. The summed E-state index contributed by atoms with van der Waals surface area (Å²) in [7, 11) is 1.62. The van der Waals surface area contributed by atoms with Gasteiger partial charge in [-0.3, -0.25) is 0 Å². The molecule has 1 unspecified atom stereocenters. The zero-order chi connectivity index (χ0) is 13.4. The van der Waals surface area contributed by atoms with E-state index in [4.69, 9.17) is 9.47 Å². The molecule has 0 N–H and O–H groups in total. The monoisotopic (exact) mass is 250 g/mol. The van der Waals surface area contributed by atoms with Crippen molar-refractivity contribution in [1.29, 1.82) is 0 Å². The number of benzene rings is 1. The molecule has 0 bridgehead atoms. The van der Waals surface area contributed by atoms with Crippen molar-refractivity contribution < 1.29 is 14.3 Å². The Balaban J connectivity index is 2.73. The molecular formula is C15H22O3. The van der Waals surface area contributed by atoms with Crippen LogP contribution in [0.5, 0.6) is 0 Å². The molecule has 3 heteroatoms. The topological polar surface area (TPSA) is 35.5 Å². The molecule has 0 saturated heterocycles. The van der Waals surface area contributed by atoms with E-state index < -0.39 is 0 Å². The first kappa shape index (κ1) is 14.7. The minimum absolute atomic E-state index is 0.155. The molecule has 1 atom stereocenters. The van der Waals surface area contributed by atoms with Gasteiger partial charge in [-0.05, 0) is 24.5 Å². The van der Waals surface area contributed by atoms with Gasteiger partial charge in [-0.1, -0.05) is 38.5 Å². The minimum Gasteiger partial charge on any atom is -0.456 e. The number of esters is 1. The van der Waals surface area contributed by atoms with Gasteiger partial charge in [0, 0.05) is 7.11 Å². The lowest BCUT2D eigenvalue weighted by Gasteiger charge is -2.17. The number of rotatable bonds is 7. The van der Waals surface area contributed by atoms with Crippen molar-refractivity contribution in [3.63, 3.8) is 0 Å². The summed E-state index contributed by atoms with van der Waals surface area (Å²) < 4.78 is 10.6. The maximum atomic E-state index is 12.1. The van der Waals surface area contributed by atoms with Crippen molar-refractivity contribution in [2.24, 2.45) is 0 Å². The average Bonchev–Trinajstić information content (AvgIpc) is 2.39. The highest BCUT2D eigenvalue weighted by Crippen LogP contribution is 2.13. The van der Waals surface area contributed by atoms with Crippen LogP contribution in [0.3, 0.4) is 0 Å². The van der Waals surface area contributed by atoms with Gasteiger partial charge in [0.1, 0.15) is 6.10 Å². The minimum atomic E-state index is -0.247. The Morgan fingerprint density at radius 1 is 1.28 bits per heavy atom. The fourth-order valence-corrected chi connectivity index (χ4v) is 1.93. The average molecular weight is 250 g/mol. The summed E-state index contributed by atoms with van der Waals surface area (Å²) >= 11 is 0. The summed E-state index contributed by atoms with van der Waals surface area (Å²) in [6.45, 7) is 4.55. The molecule has 0 spiro atoms. The smallest absolute Gasteiger partial charge is 0.338 e. The fourth-order valence-electron chi connectivity index (χ4n) is 1.93. The molecule has 1 aromatic carbocycles. The van der Waals surface area contributed by atoms with Crippen LogP contribution in [0.2, 0.25) is 0 Å².